The zero-order chi connectivity index (χ0) is 18.5. The van der Waals surface area contributed by atoms with Crippen molar-refractivity contribution in [2.24, 2.45) is 0 Å². The summed E-state index contributed by atoms with van der Waals surface area (Å²) in [5, 5.41) is 2.95. The third-order valence-corrected chi connectivity index (χ3v) is 4.74. The number of hydrogen-bond acceptors (Lipinski definition) is 4. The molecule has 5 heteroatoms. The maximum Gasteiger partial charge on any atom is 0.339 e. The molecule has 0 radical (unpaired) electrons. The molecule has 1 amide bonds. The second-order valence-electron chi connectivity index (χ2n) is 6.81. The second kappa shape index (κ2) is 8.15. The van der Waals surface area contributed by atoms with E-state index in [0.717, 1.165) is 12.0 Å². The highest BCUT2D eigenvalue weighted by molar-refractivity contribution is 5.95. The van der Waals surface area contributed by atoms with Gasteiger partial charge >= 0.3 is 5.97 Å². The largest absolute Gasteiger partial charge is 0.448 e. The van der Waals surface area contributed by atoms with Gasteiger partial charge < -0.3 is 15.0 Å². The second-order valence-corrected chi connectivity index (χ2v) is 6.81. The third kappa shape index (κ3) is 4.29. The molecular formula is C21H24N2O3. The van der Waals surface area contributed by atoms with Gasteiger partial charge in [0.15, 0.2) is 6.10 Å². The number of nitrogens with one attached hydrogen (secondary N) is 1. The molecule has 0 aromatic heterocycles. The van der Waals surface area contributed by atoms with Gasteiger partial charge in [-0.2, -0.15) is 0 Å². The van der Waals surface area contributed by atoms with Crippen molar-refractivity contribution in [3.05, 3.63) is 71.3 Å². The molecular weight excluding hydrogens is 328 g/mol. The lowest BCUT2D eigenvalue weighted by atomic mass is 9.98. The normalized spacial score (nSPS) is 17.3. The number of ether oxygens (including phenoxy) is 1. The molecule has 0 spiro atoms. The molecule has 0 saturated heterocycles. The fourth-order valence-corrected chi connectivity index (χ4v) is 3.13. The molecule has 1 aliphatic heterocycles. The molecule has 0 aliphatic carbocycles. The van der Waals surface area contributed by atoms with Crippen LogP contribution < -0.4 is 5.32 Å². The van der Waals surface area contributed by atoms with Crippen molar-refractivity contribution in [1.29, 1.82) is 0 Å². The maximum absolute atomic E-state index is 12.5. The molecule has 2 atom stereocenters. The lowest BCUT2D eigenvalue weighted by molar-refractivity contribution is -0.130. The first-order valence-electron chi connectivity index (χ1n) is 8.81. The van der Waals surface area contributed by atoms with Crippen molar-refractivity contribution >= 4 is 11.9 Å². The van der Waals surface area contributed by atoms with Crippen LogP contribution in [0.5, 0.6) is 0 Å². The molecule has 136 valence electrons. The van der Waals surface area contributed by atoms with E-state index in [1.165, 1.54) is 5.56 Å². The first kappa shape index (κ1) is 18.1. The molecule has 0 unspecified atom stereocenters. The summed E-state index contributed by atoms with van der Waals surface area (Å²) < 4.78 is 5.32. The van der Waals surface area contributed by atoms with Crippen LogP contribution >= 0.6 is 0 Å². The van der Waals surface area contributed by atoms with Gasteiger partial charge in [-0.15, -0.1) is 0 Å². The van der Waals surface area contributed by atoms with Gasteiger partial charge in [-0.25, -0.2) is 4.79 Å². The molecule has 1 aliphatic rings. The van der Waals surface area contributed by atoms with Crippen LogP contribution in [-0.2, 0) is 22.4 Å². The van der Waals surface area contributed by atoms with E-state index >= 15 is 0 Å². The Morgan fingerprint density at radius 1 is 1.15 bits per heavy atom. The van der Waals surface area contributed by atoms with E-state index in [1.54, 1.807) is 12.1 Å². The van der Waals surface area contributed by atoms with Gasteiger partial charge in [0, 0.05) is 19.0 Å². The summed E-state index contributed by atoms with van der Waals surface area (Å²) in [6.07, 6.45) is 0.484. The fraction of sp³-hybridized carbons (Fsp3) is 0.333. The number of amides is 1. The Morgan fingerprint density at radius 3 is 2.58 bits per heavy atom. The standard InChI is InChI=1S/C21H24N2O3/c1-23(2)17(12-15-8-4-3-5-9-15)14-22-20(24)19-13-16-10-6-7-11-18(16)21(25)26-19/h3-11,17,19H,12-14H2,1-2H3,(H,22,24)/t17-,19+/m0/s1. The zero-order valence-electron chi connectivity index (χ0n) is 15.1. The predicted molar refractivity (Wildman–Crippen MR) is 100.0 cm³/mol. The minimum Gasteiger partial charge on any atom is -0.448 e. The van der Waals surface area contributed by atoms with Crippen molar-refractivity contribution in [1.82, 2.24) is 10.2 Å². The average molecular weight is 352 g/mol. The molecule has 1 N–H and O–H groups in total. The molecule has 2 aromatic carbocycles. The van der Waals surface area contributed by atoms with E-state index in [9.17, 15) is 9.59 Å². The highest BCUT2D eigenvalue weighted by Gasteiger charge is 2.31. The van der Waals surface area contributed by atoms with E-state index in [1.807, 2.05) is 44.4 Å². The SMILES string of the molecule is CN(C)[C@H](CNC(=O)[C@H]1Cc2ccccc2C(=O)O1)Cc1ccccc1. The molecule has 5 nitrogen and oxygen atoms in total. The summed E-state index contributed by atoms with van der Waals surface area (Å²) >= 11 is 0. The Balaban J connectivity index is 1.60. The van der Waals surface area contributed by atoms with Gasteiger partial charge in [0.25, 0.3) is 5.91 Å². The number of hydrogen-bond donors (Lipinski definition) is 1. The van der Waals surface area contributed by atoms with Crippen LogP contribution in [0.25, 0.3) is 0 Å². The summed E-state index contributed by atoms with van der Waals surface area (Å²) in [7, 11) is 3.99. The molecule has 26 heavy (non-hydrogen) atoms. The molecule has 0 fully saturated rings. The lowest BCUT2D eigenvalue weighted by Crippen LogP contribution is -2.47. The summed E-state index contributed by atoms with van der Waals surface area (Å²) in [4.78, 5) is 26.7. The van der Waals surface area contributed by atoms with Crippen LogP contribution in [0.15, 0.2) is 54.6 Å². The number of likely N-dealkylation sites (N-methyl/N-ethyl adjacent to an activating group) is 1. The van der Waals surface area contributed by atoms with Gasteiger partial charge in [-0.3, -0.25) is 4.79 Å². The number of nitrogens with zero attached hydrogens (tertiary/aromatic N) is 1. The smallest absolute Gasteiger partial charge is 0.339 e. The van der Waals surface area contributed by atoms with Gasteiger partial charge in [-0.05, 0) is 37.7 Å². The van der Waals surface area contributed by atoms with Crippen LogP contribution in [0, 0.1) is 0 Å². The summed E-state index contributed by atoms with van der Waals surface area (Å²) in [6.45, 7) is 0.496. The Bertz CT molecular complexity index is 774. The number of esters is 1. The first-order valence-corrected chi connectivity index (χ1v) is 8.81. The highest BCUT2D eigenvalue weighted by Crippen LogP contribution is 2.20. The quantitative estimate of drug-likeness (QED) is 0.809. The van der Waals surface area contributed by atoms with Crippen LogP contribution in [0.2, 0.25) is 0 Å². The number of rotatable bonds is 6. The minimum atomic E-state index is -0.767. The number of carbonyl (C=O) groups excluding carboxylic acids is 2. The minimum absolute atomic E-state index is 0.160. The molecule has 2 aromatic rings. The van der Waals surface area contributed by atoms with Gasteiger partial charge in [-0.1, -0.05) is 48.5 Å². The summed E-state index contributed by atoms with van der Waals surface area (Å²) in [6, 6.07) is 17.6. The predicted octanol–water partition coefficient (Wildman–Crippen LogP) is 2.06. The van der Waals surface area contributed by atoms with Crippen LogP contribution in [0.4, 0.5) is 0 Å². The van der Waals surface area contributed by atoms with Gasteiger partial charge in [0.05, 0.1) is 5.56 Å². The lowest BCUT2D eigenvalue weighted by Gasteiger charge is -2.27. The van der Waals surface area contributed by atoms with Crippen LogP contribution in [-0.4, -0.2) is 49.6 Å². The van der Waals surface area contributed by atoms with E-state index in [4.69, 9.17) is 4.74 Å². The maximum atomic E-state index is 12.5. The van der Waals surface area contributed by atoms with E-state index in [0.29, 0.717) is 18.5 Å². The van der Waals surface area contributed by atoms with Crippen molar-refractivity contribution in [3.8, 4) is 0 Å². The van der Waals surface area contributed by atoms with Crippen molar-refractivity contribution in [3.63, 3.8) is 0 Å². The molecule has 3 rings (SSSR count). The Morgan fingerprint density at radius 2 is 1.85 bits per heavy atom. The zero-order valence-corrected chi connectivity index (χ0v) is 15.1. The Hall–Kier alpha value is -2.66. The number of benzene rings is 2. The number of cyclic esters (lactones) is 1. The molecule has 1 heterocycles. The Labute approximate surface area is 154 Å². The van der Waals surface area contributed by atoms with Crippen LogP contribution in [0.3, 0.4) is 0 Å². The van der Waals surface area contributed by atoms with Crippen molar-refractivity contribution < 1.29 is 14.3 Å². The molecule has 0 bridgehead atoms. The van der Waals surface area contributed by atoms with E-state index < -0.39 is 12.1 Å². The van der Waals surface area contributed by atoms with Crippen molar-refractivity contribution in [2.45, 2.75) is 25.0 Å². The highest BCUT2D eigenvalue weighted by atomic mass is 16.5. The Kier molecular flexibility index (Phi) is 5.68. The summed E-state index contributed by atoms with van der Waals surface area (Å²) in [5.41, 5.74) is 2.63. The van der Waals surface area contributed by atoms with E-state index in [2.05, 4.69) is 22.3 Å². The topological polar surface area (TPSA) is 58.6 Å². The van der Waals surface area contributed by atoms with E-state index in [-0.39, 0.29) is 11.9 Å². The monoisotopic (exact) mass is 352 g/mol. The number of fused-ring (bicyclic) bond motifs is 1. The van der Waals surface area contributed by atoms with Gasteiger partial charge in [0.1, 0.15) is 0 Å². The third-order valence-electron chi connectivity index (χ3n) is 4.74. The van der Waals surface area contributed by atoms with Crippen molar-refractivity contribution in [2.75, 3.05) is 20.6 Å². The summed E-state index contributed by atoms with van der Waals surface area (Å²) in [5.74, 6) is -0.673. The average Bonchev–Trinajstić information content (AvgIpc) is 2.65. The fourth-order valence-electron chi connectivity index (χ4n) is 3.13. The number of carbonyl (C=O) groups is 2. The van der Waals surface area contributed by atoms with Crippen LogP contribution in [0.1, 0.15) is 21.5 Å². The molecule has 0 saturated carbocycles. The first-order chi connectivity index (χ1) is 12.5. The van der Waals surface area contributed by atoms with Gasteiger partial charge in [0.2, 0.25) is 0 Å².